The number of hydrogen-bond donors (Lipinski definition) is 1. The van der Waals surface area contributed by atoms with Gasteiger partial charge in [-0.1, -0.05) is 0 Å². The molecular weight excluding hydrogens is 292 g/mol. The van der Waals surface area contributed by atoms with Gasteiger partial charge in [0, 0.05) is 18.7 Å². The van der Waals surface area contributed by atoms with Gasteiger partial charge in [-0.2, -0.15) is 0 Å². The lowest BCUT2D eigenvalue weighted by atomic mass is 10.1. The predicted octanol–water partition coefficient (Wildman–Crippen LogP) is 2.91. The van der Waals surface area contributed by atoms with E-state index in [1.807, 2.05) is 0 Å². The zero-order valence-corrected chi connectivity index (χ0v) is 12.2. The summed E-state index contributed by atoms with van der Waals surface area (Å²) in [5.74, 6) is -0.885. The fourth-order valence-electron chi connectivity index (χ4n) is 1.98. The second-order valence-electron chi connectivity index (χ2n) is 4.53. The van der Waals surface area contributed by atoms with E-state index < -0.39 is 17.5 Å². The molecule has 0 atom stereocenters. The number of rotatable bonds is 5. The van der Waals surface area contributed by atoms with Crippen molar-refractivity contribution in [2.24, 2.45) is 0 Å². The van der Waals surface area contributed by atoms with Gasteiger partial charge in [-0.25, -0.2) is 8.78 Å². The van der Waals surface area contributed by atoms with Crippen LogP contribution in [0.15, 0.2) is 36.4 Å². The number of hydrogen-bond acceptors (Lipinski definition) is 3. The number of carbonyl (C=O) groups excluding carboxylic acids is 1. The highest BCUT2D eigenvalue weighted by Crippen LogP contribution is 2.24. The monoisotopic (exact) mass is 307 g/mol. The summed E-state index contributed by atoms with van der Waals surface area (Å²) in [5.41, 5.74) is 0.638. The molecule has 2 aromatic carbocycles. The fraction of sp³-hybridized carbons (Fsp3) is 0.188. The van der Waals surface area contributed by atoms with Crippen LogP contribution in [0.3, 0.4) is 0 Å². The molecule has 2 aromatic rings. The number of methoxy groups -OCH3 is 2. The molecule has 22 heavy (non-hydrogen) atoms. The molecule has 2 rings (SSSR count). The molecule has 4 nitrogen and oxygen atoms in total. The van der Waals surface area contributed by atoms with Crippen LogP contribution in [-0.2, 0) is 6.54 Å². The highest BCUT2D eigenvalue weighted by molar-refractivity contribution is 5.97. The Labute approximate surface area is 126 Å². The Morgan fingerprint density at radius 3 is 2.32 bits per heavy atom. The summed E-state index contributed by atoms with van der Waals surface area (Å²) in [6, 6.07) is 7.86. The molecule has 0 aliphatic heterocycles. The molecule has 0 saturated heterocycles. The summed E-state index contributed by atoms with van der Waals surface area (Å²) < 4.78 is 36.4. The first-order valence-corrected chi connectivity index (χ1v) is 6.48. The largest absolute Gasteiger partial charge is 0.497 e. The lowest BCUT2D eigenvalue weighted by Gasteiger charge is -2.11. The Morgan fingerprint density at radius 2 is 1.73 bits per heavy atom. The molecule has 0 aromatic heterocycles. The molecule has 0 radical (unpaired) electrons. The van der Waals surface area contributed by atoms with Gasteiger partial charge in [-0.3, -0.25) is 4.79 Å². The van der Waals surface area contributed by atoms with Crippen LogP contribution >= 0.6 is 0 Å². The Morgan fingerprint density at radius 1 is 1.05 bits per heavy atom. The maximum Gasteiger partial charge on any atom is 0.255 e. The smallest absolute Gasteiger partial charge is 0.255 e. The van der Waals surface area contributed by atoms with Gasteiger partial charge in [0.25, 0.3) is 5.91 Å². The molecule has 0 fully saturated rings. The van der Waals surface area contributed by atoms with E-state index in [0.29, 0.717) is 22.6 Å². The summed E-state index contributed by atoms with van der Waals surface area (Å²) in [5, 5.41) is 2.59. The first-order chi connectivity index (χ1) is 10.5. The van der Waals surface area contributed by atoms with Gasteiger partial charge in [0.05, 0.1) is 19.8 Å². The maximum absolute atomic E-state index is 13.1. The molecule has 6 heteroatoms. The zero-order chi connectivity index (χ0) is 16.1. The third kappa shape index (κ3) is 3.72. The Kier molecular flexibility index (Phi) is 4.93. The molecule has 0 unspecified atom stereocenters. The van der Waals surface area contributed by atoms with Crippen molar-refractivity contribution in [2.45, 2.75) is 6.54 Å². The van der Waals surface area contributed by atoms with Crippen LogP contribution < -0.4 is 14.8 Å². The molecule has 0 aliphatic rings. The van der Waals surface area contributed by atoms with Crippen molar-refractivity contribution in [2.75, 3.05) is 14.2 Å². The highest BCUT2D eigenvalue weighted by atomic mass is 19.1. The van der Waals surface area contributed by atoms with Gasteiger partial charge in [0.2, 0.25) is 0 Å². The van der Waals surface area contributed by atoms with Gasteiger partial charge in [-0.15, -0.1) is 0 Å². The number of carbonyl (C=O) groups is 1. The van der Waals surface area contributed by atoms with Crippen molar-refractivity contribution in [1.29, 1.82) is 0 Å². The quantitative estimate of drug-likeness (QED) is 0.924. The second-order valence-corrected chi connectivity index (χ2v) is 4.53. The van der Waals surface area contributed by atoms with E-state index in [4.69, 9.17) is 9.47 Å². The van der Waals surface area contributed by atoms with Gasteiger partial charge in [-0.05, 0) is 29.8 Å². The van der Waals surface area contributed by atoms with Crippen LogP contribution in [0.25, 0.3) is 0 Å². The van der Waals surface area contributed by atoms with Crippen LogP contribution in [0.4, 0.5) is 8.78 Å². The first kappa shape index (κ1) is 15.8. The minimum absolute atomic E-state index is 0.00268. The lowest BCUT2D eigenvalue weighted by Crippen LogP contribution is -2.23. The van der Waals surface area contributed by atoms with E-state index in [0.717, 1.165) is 18.2 Å². The minimum atomic E-state index is -0.689. The van der Waals surface area contributed by atoms with Crippen molar-refractivity contribution < 1.29 is 23.0 Å². The van der Waals surface area contributed by atoms with E-state index in [1.54, 1.807) is 18.2 Å². The van der Waals surface area contributed by atoms with E-state index in [2.05, 4.69) is 5.32 Å². The normalized spacial score (nSPS) is 10.2. The zero-order valence-electron chi connectivity index (χ0n) is 12.2. The third-order valence-corrected chi connectivity index (χ3v) is 3.03. The SMILES string of the molecule is COc1ccc(C(=O)NCc2cc(F)cc(F)c2)c(OC)c1. The average Bonchev–Trinajstić information content (AvgIpc) is 2.51. The molecule has 1 N–H and O–H groups in total. The number of benzene rings is 2. The van der Waals surface area contributed by atoms with E-state index in [9.17, 15) is 13.6 Å². The van der Waals surface area contributed by atoms with Crippen LogP contribution in [-0.4, -0.2) is 20.1 Å². The number of nitrogens with one attached hydrogen (secondary N) is 1. The van der Waals surface area contributed by atoms with Crippen molar-refractivity contribution in [3.63, 3.8) is 0 Å². The topological polar surface area (TPSA) is 47.6 Å². The number of amides is 1. The van der Waals surface area contributed by atoms with Crippen LogP contribution in [0, 0.1) is 11.6 Å². The van der Waals surface area contributed by atoms with Crippen LogP contribution in [0.5, 0.6) is 11.5 Å². The fourth-order valence-corrected chi connectivity index (χ4v) is 1.98. The molecule has 0 saturated carbocycles. The Balaban J connectivity index is 2.12. The first-order valence-electron chi connectivity index (χ1n) is 6.48. The summed E-state index contributed by atoms with van der Waals surface area (Å²) in [7, 11) is 2.94. The number of halogens is 2. The van der Waals surface area contributed by atoms with Crippen molar-refractivity contribution in [3.8, 4) is 11.5 Å². The van der Waals surface area contributed by atoms with Gasteiger partial charge in [0.15, 0.2) is 0 Å². The van der Waals surface area contributed by atoms with Gasteiger partial charge < -0.3 is 14.8 Å². The summed E-state index contributed by atoms with van der Waals surface area (Å²) in [6.45, 7) is 0.00268. The molecule has 1 amide bonds. The van der Waals surface area contributed by atoms with Gasteiger partial charge >= 0.3 is 0 Å². The number of ether oxygens (including phenoxy) is 2. The average molecular weight is 307 g/mol. The highest BCUT2D eigenvalue weighted by Gasteiger charge is 2.13. The second kappa shape index (κ2) is 6.89. The molecule has 0 heterocycles. The molecule has 116 valence electrons. The van der Waals surface area contributed by atoms with Crippen molar-refractivity contribution in [3.05, 3.63) is 59.2 Å². The Bertz CT molecular complexity index is 669. The van der Waals surface area contributed by atoms with Crippen molar-refractivity contribution in [1.82, 2.24) is 5.32 Å². The molecule has 0 bridgehead atoms. The van der Waals surface area contributed by atoms with Crippen LogP contribution in [0.2, 0.25) is 0 Å². The maximum atomic E-state index is 13.1. The Hall–Kier alpha value is -2.63. The van der Waals surface area contributed by atoms with E-state index in [-0.39, 0.29) is 6.54 Å². The standard InChI is InChI=1S/C16H15F2NO3/c1-21-13-3-4-14(15(8-13)22-2)16(20)19-9-10-5-11(17)7-12(18)6-10/h3-8H,9H2,1-2H3,(H,19,20). The molecule has 0 aliphatic carbocycles. The summed E-state index contributed by atoms with van der Waals surface area (Å²) in [6.07, 6.45) is 0. The van der Waals surface area contributed by atoms with Gasteiger partial charge in [0.1, 0.15) is 23.1 Å². The summed E-state index contributed by atoms with van der Waals surface area (Å²) >= 11 is 0. The molecule has 0 spiro atoms. The van der Waals surface area contributed by atoms with E-state index in [1.165, 1.54) is 14.2 Å². The predicted molar refractivity (Wildman–Crippen MR) is 77.1 cm³/mol. The van der Waals surface area contributed by atoms with Crippen LogP contribution in [0.1, 0.15) is 15.9 Å². The molecular formula is C16H15F2NO3. The lowest BCUT2D eigenvalue weighted by molar-refractivity contribution is 0.0947. The third-order valence-electron chi connectivity index (χ3n) is 3.03. The van der Waals surface area contributed by atoms with E-state index >= 15 is 0 Å². The summed E-state index contributed by atoms with van der Waals surface area (Å²) in [4.78, 5) is 12.1. The van der Waals surface area contributed by atoms with Crippen molar-refractivity contribution >= 4 is 5.91 Å². The minimum Gasteiger partial charge on any atom is -0.497 e.